The second-order valence-corrected chi connectivity index (χ2v) is 6.95. The molecule has 7 nitrogen and oxygen atoms in total. The third kappa shape index (κ3) is 3.76. The van der Waals surface area contributed by atoms with Gasteiger partial charge in [0.2, 0.25) is 0 Å². The van der Waals surface area contributed by atoms with Gasteiger partial charge in [-0.2, -0.15) is 0 Å². The quantitative estimate of drug-likeness (QED) is 0.690. The van der Waals surface area contributed by atoms with Crippen LogP contribution in [0.1, 0.15) is 20.8 Å². The second-order valence-electron chi connectivity index (χ2n) is 6.95. The van der Waals surface area contributed by atoms with Crippen LogP contribution >= 0.6 is 0 Å². The molecule has 2 aromatic carbocycles. The minimum atomic E-state index is -0.393. The van der Waals surface area contributed by atoms with Crippen LogP contribution < -0.4 is 9.64 Å². The third-order valence-corrected chi connectivity index (χ3v) is 5.28. The first-order valence-corrected chi connectivity index (χ1v) is 9.48. The molecule has 4 rings (SSSR count). The fourth-order valence-corrected chi connectivity index (χ4v) is 3.62. The topological polar surface area (TPSA) is 74.9 Å². The molecule has 1 aromatic heterocycles. The zero-order valence-corrected chi connectivity index (χ0v) is 16.5. The predicted molar refractivity (Wildman–Crippen MR) is 111 cm³/mol. The first-order chi connectivity index (χ1) is 14.1. The average Bonchev–Trinajstić information content (AvgIpc) is 3.21. The first kappa shape index (κ1) is 18.9. The second kappa shape index (κ2) is 7.87. The molecule has 3 aromatic rings. The number of nitrogens with zero attached hydrogens (tertiary/aromatic N) is 2. The number of benzene rings is 2. The maximum atomic E-state index is 12.9. The Hall–Kier alpha value is -3.48. The van der Waals surface area contributed by atoms with Gasteiger partial charge < -0.3 is 24.3 Å². The number of H-pyrrole nitrogens is 1. The molecule has 0 saturated carbocycles. The zero-order valence-electron chi connectivity index (χ0n) is 16.5. The van der Waals surface area contributed by atoms with E-state index >= 15 is 0 Å². The maximum Gasteiger partial charge on any atom is 0.337 e. The largest absolute Gasteiger partial charge is 0.497 e. The van der Waals surface area contributed by atoms with Crippen LogP contribution in [0.15, 0.2) is 48.5 Å². The molecular weight excluding hydrogens is 370 g/mol. The van der Waals surface area contributed by atoms with Gasteiger partial charge in [-0.1, -0.05) is 0 Å². The number of esters is 1. The highest BCUT2D eigenvalue weighted by Gasteiger charge is 2.23. The van der Waals surface area contributed by atoms with E-state index in [1.54, 1.807) is 31.4 Å². The number of rotatable bonds is 4. The van der Waals surface area contributed by atoms with E-state index in [1.807, 2.05) is 29.2 Å². The summed E-state index contributed by atoms with van der Waals surface area (Å²) >= 11 is 0. The number of hydrogen-bond acceptors (Lipinski definition) is 5. The van der Waals surface area contributed by atoms with Gasteiger partial charge >= 0.3 is 5.97 Å². The number of carbonyl (C=O) groups is 2. The molecule has 2 heterocycles. The van der Waals surface area contributed by atoms with E-state index in [2.05, 4.69) is 9.88 Å². The van der Waals surface area contributed by atoms with Crippen LogP contribution in [0.25, 0.3) is 10.9 Å². The highest BCUT2D eigenvalue weighted by atomic mass is 16.5. The fourth-order valence-electron chi connectivity index (χ4n) is 3.62. The summed E-state index contributed by atoms with van der Waals surface area (Å²) in [4.78, 5) is 31.9. The van der Waals surface area contributed by atoms with Gasteiger partial charge in [0.25, 0.3) is 5.91 Å². The normalized spacial score (nSPS) is 14.1. The van der Waals surface area contributed by atoms with Crippen LogP contribution in [0.3, 0.4) is 0 Å². The van der Waals surface area contributed by atoms with Gasteiger partial charge in [0, 0.05) is 42.8 Å². The number of methoxy groups -OCH3 is 2. The number of fused-ring (bicyclic) bond motifs is 1. The van der Waals surface area contributed by atoms with Crippen molar-refractivity contribution in [3.63, 3.8) is 0 Å². The molecule has 1 fully saturated rings. The van der Waals surface area contributed by atoms with Crippen LogP contribution in [-0.4, -0.2) is 62.2 Å². The van der Waals surface area contributed by atoms with E-state index in [0.29, 0.717) is 24.3 Å². The van der Waals surface area contributed by atoms with E-state index in [9.17, 15) is 9.59 Å². The molecule has 0 atom stereocenters. The summed E-state index contributed by atoms with van der Waals surface area (Å²) in [7, 11) is 3.00. The molecule has 1 aliphatic heterocycles. The molecule has 7 heteroatoms. The molecule has 0 unspecified atom stereocenters. The lowest BCUT2D eigenvalue weighted by atomic mass is 10.1. The Morgan fingerprint density at radius 3 is 2.31 bits per heavy atom. The lowest BCUT2D eigenvalue weighted by Crippen LogP contribution is -2.48. The molecule has 0 radical (unpaired) electrons. The van der Waals surface area contributed by atoms with E-state index in [1.165, 1.54) is 7.11 Å². The van der Waals surface area contributed by atoms with Crippen molar-refractivity contribution in [3.05, 3.63) is 59.8 Å². The molecule has 0 spiro atoms. The number of piperazine rings is 1. The van der Waals surface area contributed by atoms with Gasteiger partial charge in [0.1, 0.15) is 11.4 Å². The summed E-state index contributed by atoms with van der Waals surface area (Å²) < 4.78 is 9.96. The Kier molecular flexibility index (Phi) is 5.12. The summed E-state index contributed by atoms with van der Waals surface area (Å²) in [6, 6.07) is 15.0. The van der Waals surface area contributed by atoms with Crippen molar-refractivity contribution in [1.29, 1.82) is 0 Å². The van der Waals surface area contributed by atoms with Crippen LogP contribution in [0, 0.1) is 0 Å². The monoisotopic (exact) mass is 393 g/mol. The minimum Gasteiger partial charge on any atom is -0.497 e. The number of nitrogens with one attached hydrogen (secondary N) is 1. The molecule has 150 valence electrons. The average molecular weight is 393 g/mol. The maximum absolute atomic E-state index is 12.9. The van der Waals surface area contributed by atoms with Crippen LogP contribution in [-0.2, 0) is 4.74 Å². The summed E-state index contributed by atoms with van der Waals surface area (Å²) in [6.07, 6.45) is 0. The van der Waals surface area contributed by atoms with Crippen molar-refractivity contribution in [2.45, 2.75) is 0 Å². The lowest BCUT2D eigenvalue weighted by molar-refractivity contribution is 0.0600. The lowest BCUT2D eigenvalue weighted by Gasteiger charge is -2.36. The number of amides is 1. The predicted octanol–water partition coefficient (Wildman–Crippen LogP) is 2.93. The zero-order chi connectivity index (χ0) is 20.4. The Morgan fingerprint density at radius 2 is 1.66 bits per heavy atom. The number of ether oxygens (including phenoxy) is 2. The van der Waals surface area contributed by atoms with Crippen molar-refractivity contribution >= 4 is 28.5 Å². The number of aromatic nitrogens is 1. The third-order valence-electron chi connectivity index (χ3n) is 5.28. The van der Waals surface area contributed by atoms with E-state index < -0.39 is 5.97 Å². The highest BCUT2D eigenvalue weighted by molar-refractivity contribution is 6.00. The molecule has 1 aliphatic rings. The molecule has 1 amide bonds. The van der Waals surface area contributed by atoms with Crippen molar-refractivity contribution in [2.24, 2.45) is 0 Å². The van der Waals surface area contributed by atoms with Gasteiger partial charge in [0.05, 0.1) is 19.8 Å². The number of carbonyl (C=O) groups excluding carboxylic acids is 2. The van der Waals surface area contributed by atoms with Gasteiger partial charge in [-0.05, 0) is 48.5 Å². The van der Waals surface area contributed by atoms with E-state index in [0.717, 1.165) is 35.4 Å². The van der Waals surface area contributed by atoms with Gasteiger partial charge in [-0.25, -0.2) is 4.79 Å². The number of aromatic amines is 1. The first-order valence-electron chi connectivity index (χ1n) is 9.48. The Bertz CT molecular complexity index is 1030. The van der Waals surface area contributed by atoms with Crippen molar-refractivity contribution in [3.8, 4) is 5.75 Å². The highest BCUT2D eigenvalue weighted by Crippen LogP contribution is 2.22. The summed E-state index contributed by atoms with van der Waals surface area (Å²) in [6.45, 7) is 2.83. The van der Waals surface area contributed by atoms with E-state index in [-0.39, 0.29) is 5.91 Å². The molecule has 1 saturated heterocycles. The van der Waals surface area contributed by atoms with Crippen LogP contribution in [0.5, 0.6) is 5.75 Å². The minimum absolute atomic E-state index is 0.0322. The van der Waals surface area contributed by atoms with Crippen molar-refractivity contribution < 1.29 is 19.1 Å². The SMILES string of the molecule is COC(=O)c1ccc2[nH]c(C(=O)N3CCN(c4ccc(OC)cc4)CC3)cc2c1. The summed E-state index contributed by atoms with van der Waals surface area (Å²) in [5.74, 6) is 0.405. The molecule has 0 bridgehead atoms. The Morgan fingerprint density at radius 1 is 0.931 bits per heavy atom. The fraction of sp³-hybridized carbons (Fsp3) is 0.273. The van der Waals surface area contributed by atoms with Gasteiger partial charge in [0.15, 0.2) is 0 Å². The summed E-state index contributed by atoms with van der Waals surface area (Å²) in [5, 5.41) is 0.813. The standard InChI is InChI=1S/C22H23N3O4/c1-28-18-6-4-17(5-7-18)24-9-11-25(12-10-24)21(26)20-14-16-13-15(22(27)29-2)3-8-19(16)23-20/h3-8,13-14,23H,9-12H2,1-2H3. The van der Waals surface area contributed by atoms with Crippen molar-refractivity contribution in [1.82, 2.24) is 9.88 Å². The smallest absolute Gasteiger partial charge is 0.337 e. The van der Waals surface area contributed by atoms with Crippen LogP contribution in [0.2, 0.25) is 0 Å². The van der Waals surface area contributed by atoms with Gasteiger partial charge in [-0.15, -0.1) is 0 Å². The number of anilines is 1. The summed E-state index contributed by atoms with van der Waals surface area (Å²) in [5.41, 5.74) is 2.93. The molecule has 29 heavy (non-hydrogen) atoms. The van der Waals surface area contributed by atoms with Crippen LogP contribution in [0.4, 0.5) is 5.69 Å². The molecular formula is C22H23N3O4. The van der Waals surface area contributed by atoms with Crippen molar-refractivity contribution in [2.75, 3.05) is 45.3 Å². The molecule has 1 N–H and O–H groups in total. The Labute approximate surface area is 168 Å². The Balaban J connectivity index is 1.44. The number of hydrogen-bond donors (Lipinski definition) is 1. The molecule has 0 aliphatic carbocycles. The van der Waals surface area contributed by atoms with E-state index in [4.69, 9.17) is 9.47 Å². The van der Waals surface area contributed by atoms with Gasteiger partial charge in [-0.3, -0.25) is 4.79 Å².